The molecule has 0 aromatic heterocycles. The predicted octanol–water partition coefficient (Wildman–Crippen LogP) is 1.89. The first-order valence-corrected chi connectivity index (χ1v) is 7.22. The molecule has 0 saturated heterocycles. The Hall–Kier alpha value is -2.07. The molecule has 0 fully saturated rings. The maximum absolute atomic E-state index is 12.4. The van der Waals surface area contributed by atoms with Crippen LogP contribution in [0.2, 0.25) is 0 Å². The van der Waals surface area contributed by atoms with E-state index in [1.165, 1.54) is 5.56 Å². The topological polar surface area (TPSA) is 49.8 Å². The van der Waals surface area contributed by atoms with E-state index in [2.05, 4.69) is 0 Å². The summed E-state index contributed by atoms with van der Waals surface area (Å²) in [6.07, 6.45) is 7.23. The molecule has 1 amide bonds. The second-order valence-electron chi connectivity index (χ2n) is 5.88. The molecule has 1 spiro atoms. The lowest BCUT2D eigenvalue weighted by molar-refractivity contribution is -0.130. The van der Waals surface area contributed by atoms with Gasteiger partial charge in [-0.3, -0.25) is 4.79 Å². The zero-order valence-corrected chi connectivity index (χ0v) is 11.9. The molecule has 21 heavy (non-hydrogen) atoms. The van der Waals surface area contributed by atoms with E-state index in [1.807, 2.05) is 23.1 Å². The number of phenolic OH excluding ortho intramolecular Hbond substituents is 1. The van der Waals surface area contributed by atoms with Gasteiger partial charge in [0.25, 0.3) is 0 Å². The molecule has 2 unspecified atom stereocenters. The summed E-state index contributed by atoms with van der Waals surface area (Å²) in [5.41, 5.74) is 2.78. The van der Waals surface area contributed by atoms with Crippen molar-refractivity contribution in [2.24, 2.45) is 0 Å². The second-order valence-corrected chi connectivity index (χ2v) is 5.88. The van der Waals surface area contributed by atoms with E-state index in [9.17, 15) is 9.90 Å². The largest absolute Gasteiger partial charge is 0.508 e. The molecular weight excluding hydrogens is 266 g/mol. The molecule has 4 rings (SSSR count). The third-order valence-electron chi connectivity index (χ3n) is 4.92. The average Bonchev–Trinajstić information content (AvgIpc) is 2.79. The standard InChI is InChI=1S/C17H17NO3/c1-21-14-5-3-12-8-16(20)18-7-6-11-2-4-13(19)9-15(11)17(12,18)10-14/h2-5,8-9,14,19H,6-7,10H2,1H3. The summed E-state index contributed by atoms with van der Waals surface area (Å²) < 4.78 is 5.51. The minimum absolute atomic E-state index is 0.0242. The Balaban J connectivity index is 1.96. The summed E-state index contributed by atoms with van der Waals surface area (Å²) in [5.74, 6) is 0.299. The highest BCUT2D eigenvalue weighted by atomic mass is 16.5. The first-order valence-electron chi connectivity index (χ1n) is 7.22. The predicted molar refractivity (Wildman–Crippen MR) is 77.8 cm³/mol. The van der Waals surface area contributed by atoms with Crippen LogP contribution >= 0.6 is 0 Å². The van der Waals surface area contributed by atoms with Gasteiger partial charge in [-0.1, -0.05) is 18.2 Å². The molecule has 2 heterocycles. The summed E-state index contributed by atoms with van der Waals surface area (Å²) in [6.45, 7) is 0.709. The third kappa shape index (κ3) is 1.56. The van der Waals surface area contributed by atoms with Gasteiger partial charge in [0.2, 0.25) is 5.91 Å². The van der Waals surface area contributed by atoms with Gasteiger partial charge in [0.15, 0.2) is 0 Å². The molecule has 1 aromatic carbocycles. The number of carbonyl (C=O) groups is 1. The maximum atomic E-state index is 12.4. The number of nitrogens with zero attached hydrogens (tertiary/aromatic N) is 1. The highest BCUT2D eigenvalue weighted by molar-refractivity contribution is 5.95. The van der Waals surface area contributed by atoms with Gasteiger partial charge in [-0.05, 0) is 35.3 Å². The quantitative estimate of drug-likeness (QED) is 0.856. The molecule has 2 aliphatic heterocycles. The molecule has 0 bridgehead atoms. The van der Waals surface area contributed by atoms with Crippen LogP contribution < -0.4 is 0 Å². The third-order valence-corrected chi connectivity index (χ3v) is 4.92. The van der Waals surface area contributed by atoms with Gasteiger partial charge in [0.05, 0.1) is 11.6 Å². The second kappa shape index (κ2) is 4.21. The minimum atomic E-state index is -0.473. The van der Waals surface area contributed by atoms with Crippen molar-refractivity contribution >= 4 is 5.91 Å². The summed E-state index contributed by atoms with van der Waals surface area (Å²) in [4.78, 5) is 14.3. The molecule has 108 valence electrons. The lowest BCUT2D eigenvalue weighted by Crippen LogP contribution is -2.52. The molecular formula is C17H17NO3. The van der Waals surface area contributed by atoms with Crippen molar-refractivity contribution in [1.82, 2.24) is 4.90 Å². The number of carbonyl (C=O) groups excluding carboxylic acids is 1. The van der Waals surface area contributed by atoms with E-state index < -0.39 is 5.54 Å². The normalized spacial score (nSPS) is 29.8. The molecule has 1 aliphatic carbocycles. The van der Waals surface area contributed by atoms with Crippen molar-refractivity contribution in [3.05, 3.63) is 53.1 Å². The number of benzene rings is 1. The van der Waals surface area contributed by atoms with Crippen LogP contribution in [0.3, 0.4) is 0 Å². The van der Waals surface area contributed by atoms with Crippen LogP contribution in [0.5, 0.6) is 5.75 Å². The fourth-order valence-electron chi connectivity index (χ4n) is 3.93. The molecule has 0 radical (unpaired) electrons. The molecule has 3 aliphatic rings. The van der Waals surface area contributed by atoms with E-state index in [1.54, 1.807) is 25.3 Å². The smallest absolute Gasteiger partial charge is 0.247 e. The first kappa shape index (κ1) is 12.7. The highest BCUT2D eigenvalue weighted by Gasteiger charge is 2.52. The molecule has 4 heteroatoms. The number of ether oxygens (including phenoxy) is 1. The fourth-order valence-corrected chi connectivity index (χ4v) is 3.93. The van der Waals surface area contributed by atoms with Crippen LogP contribution in [0, 0.1) is 0 Å². The monoisotopic (exact) mass is 283 g/mol. The van der Waals surface area contributed by atoms with Crippen molar-refractivity contribution in [2.45, 2.75) is 24.5 Å². The van der Waals surface area contributed by atoms with Gasteiger partial charge in [-0.25, -0.2) is 0 Å². The molecule has 1 N–H and O–H groups in total. The minimum Gasteiger partial charge on any atom is -0.508 e. The zero-order valence-electron chi connectivity index (χ0n) is 11.9. The Labute approximate surface area is 123 Å². The van der Waals surface area contributed by atoms with E-state index in [-0.39, 0.29) is 17.8 Å². The zero-order chi connectivity index (χ0) is 14.6. The summed E-state index contributed by atoms with van der Waals surface area (Å²) in [6, 6.07) is 5.49. The average molecular weight is 283 g/mol. The van der Waals surface area contributed by atoms with Crippen LogP contribution in [0.1, 0.15) is 17.5 Å². The van der Waals surface area contributed by atoms with Crippen LogP contribution in [-0.4, -0.2) is 35.7 Å². The Kier molecular flexibility index (Phi) is 2.54. The van der Waals surface area contributed by atoms with Crippen LogP contribution in [0.25, 0.3) is 0 Å². The van der Waals surface area contributed by atoms with Gasteiger partial charge in [-0.2, -0.15) is 0 Å². The van der Waals surface area contributed by atoms with E-state index in [0.29, 0.717) is 13.0 Å². The molecule has 0 saturated carbocycles. The van der Waals surface area contributed by atoms with Crippen LogP contribution in [-0.2, 0) is 21.5 Å². The van der Waals surface area contributed by atoms with Crippen LogP contribution in [0.4, 0.5) is 0 Å². The fraction of sp³-hybridized carbons (Fsp3) is 0.353. The van der Waals surface area contributed by atoms with Crippen molar-refractivity contribution < 1.29 is 14.6 Å². The van der Waals surface area contributed by atoms with Crippen molar-refractivity contribution in [3.8, 4) is 5.75 Å². The number of amides is 1. The lowest BCUT2D eigenvalue weighted by Gasteiger charge is -2.48. The van der Waals surface area contributed by atoms with Gasteiger partial charge < -0.3 is 14.7 Å². The number of phenols is 1. The van der Waals surface area contributed by atoms with Crippen molar-refractivity contribution in [3.63, 3.8) is 0 Å². The SMILES string of the molecule is COC1C=CC2=CC(=O)N3CCc4ccc(O)cc4C23C1. The Morgan fingerprint density at radius 3 is 3.10 bits per heavy atom. The van der Waals surface area contributed by atoms with Gasteiger partial charge in [0.1, 0.15) is 5.75 Å². The van der Waals surface area contributed by atoms with Gasteiger partial charge in [0, 0.05) is 26.2 Å². The van der Waals surface area contributed by atoms with E-state index in [0.717, 1.165) is 17.6 Å². The lowest BCUT2D eigenvalue weighted by atomic mass is 9.71. The summed E-state index contributed by atoms with van der Waals surface area (Å²) in [7, 11) is 1.69. The Morgan fingerprint density at radius 1 is 1.43 bits per heavy atom. The van der Waals surface area contributed by atoms with Gasteiger partial charge in [-0.15, -0.1) is 0 Å². The number of hydrogen-bond acceptors (Lipinski definition) is 3. The van der Waals surface area contributed by atoms with Crippen molar-refractivity contribution in [1.29, 1.82) is 0 Å². The van der Waals surface area contributed by atoms with Gasteiger partial charge >= 0.3 is 0 Å². The maximum Gasteiger partial charge on any atom is 0.247 e. The Morgan fingerprint density at radius 2 is 2.29 bits per heavy atom. The number of rotatable bonds is 1. The number of aromatic hydroxyl groups is 1. The first-order chi connectivity index (χ1) is 10.1. The highest BCUT2D eigenvalue weighted by Crippen LogP contribution is 2.51. The van der Waals surface area contributed by atoms with E-state index in [4.69, 9.17) is 4.74 Å². The van der Waals surface area contributed by atoms with E-state index >= 15 is 0 Å². The number of methoxy groups -OCH3 is 1. The Bertz CT molecular complexity index is 691. The summed E-state index contributed by atoms with van der Waals surface area (Å²) >= 11 is 0. The molecule has 1 aromatic rings. The van der Waals surface area contributed by atoms with Crippen molar-refractivity contribution in [2.75, 3.05) is 13.7 Å². The molecule has 2 atom stereocenters. The number of fused-ring (bicyclic) bond motifs is 1. The summed E-state index contributed by atoms with van der Waals surface area (Å²) in [5, 5.41) is 9.91. The molecule has 4 nitrogen and oxygen atoms in total. The van der Waals surface area contributed by atoms with Crippen LogP contribution in [0.15, 0.2) is 42.0 Å². The number of hydrogen-bond donors (Lipinski definition) is 1.